The van der Waals surface area contributed by atoms with E-state index in [0.717, 1.165) is 37.7 Å². The maximum atomic E-state index is 13.1. The van der Waals surface area contributed by atoms with Crippen LogP contribution in [0.3, 0.4) is 0 Å². The molecule has 7 nitrogen and oxygen atoms in total. The van der Waals surface area contributed by atoms with Crippen LogP contribution in [0.4, 0.5) is 0 Å². The monoisotopic (exact) mass is 560 g/mol. The molecule has 0 unspecified atom stereocenters. The smallest absolute Gasteiger partial charge is 0.342 e. The van der Waals surface area contributed by atoms with Crippen molar-refractivity contribution in [1.82, 2.24) is 0 Å². The van der Waals surface area contributed by atoms with Crippen LogP contribution in [-0.2, 0) is 33.3 Å². The number of ether oxygens (including phenoxy) is 4. The van der Waals surface area contributed by atoms with Gasteiger partial charge < -0.3 is 18.9 Å². The van der Waals surface area contributed by atoms with E-state index in [-0.39, 0.29) is 65.1 Å². The molecule has 0 bridgehead atoms. The summed E-state index contributed by atoms with van der Waals surface area (Å²) in [5.74, 6) is -0.447. The number of rotatable bonds is 8. The van der Waals surface area contributed by atoms with Gasteiger partial charge in [0.15, 0.2) is 17.3 Å². The summed E-state index contributed by atoms with van der Waals surface area (Å²) < 4.78 is 24.8. The minimum Gasteiger partial charge on any atom is -0.462 e. The Kier molecular flexibility index (Phi) is 8.86. The Hall–Kier alpha value is -1.89. The van der Waals surface area contributed by atoms with E-state index in [1.807, 2.05) is 26.8 Å². The van der Waals surface area contributed by atoms with E-state index in [9.17, 15) is 14.4 Å². The van der Waals surface area contributed by atoms with Crippen LogP contribution < -0.4 is 0 Å². The predicted molar refractivity (Wildman–Crippen MR) is 152 cm³/mol. The quantitative estimate of drug-likeness (QED) is 0.109. The Morgan fingerprint density at radius 3 is 2.23 bits per heavy atom. The number of carbonyl (C=O) groups is 3. The van der Waals surface area contributed by atoms with Crippen LogP contribution in [0.5, 0.6) is 0 Å². The maximum Gasteiger partial charge on any atom is 0.342 e. The number of esters is 3. The zero-order valence-corrected chi connectivity index (χ0v) is 26.2. The van der Waals surface area contributed by atoms with E-state index >= 15 is 0 Å². The Labute approximate surface area is 241 Å². The van der Waals surface area contributed by atoms with Crippen molar-refractivity contribution in [1.29, 1.82) is 0 Å². The van der Waals surface area contributed by atoms with Gasteiger partial charge in [0.2, 0.25) is 0 Å². The number of unbranched alkanes of at least 4 members (excludes halogenated alkanes) is 2. The number of hydrogen-bond acceptors (Lipinski definition) is 7. The van der Waals surface area contributed by atoms with Gasteiger partial charge >= 0.3 is 17.9 Å². The summed E-state index contributed by atoms with van der Waals surface area (Å²) in [5, 5.41) is 0. The van der Waals surface area contributed by atoms with Crippen molar-refractivity contribution in [2.24, 2.45) is 35.0 Å². The third-order valence-electron chi connectivity index (χ3n) is 11.4. The number of epoxide rings is 1. The summed E-state index contributed by atoms with van der Waals surface area (Å²) in [7, 11) is 0. The highest BCUT2D eigenvalue weighted by molar-refractivity contribution is 5.88. The fraction of sp³-hybridized carbons (Fsp3) is 0.848. The fourth-order valence-electron chi connectivity index (χ4n) is 8.76. The van der Waals surface area contributed by atoms with Crippen molar-refractivity contribution >= 4 is 17.9 Å². The van der Waals surface area contributed by atoms with Crippen LogP contribution >= 0.6 is 0 Å². The Morgan fingerprint density at radius 1 is 0.950 bits per heavy atom. The van der Waals surface area contributed by atoms with Gasteiger partial charge in [-0.25, -0.2) is 4.79 Å². The first-order chi connectivity index (χ1) is 18.8. The van der Waals surface area contributed by atoms with Gasteiger partial charge in [-0.3, -0.25) is 9.59 Å². The van der Waals surface area contributed by atoms with E-state index in [1.54, 1.807) is 0 Å². The lowest BCUT2D eigenvalue weighted by molar-refractivity contribution is -0.188. The third kappa shape index (κ3) is 4.92. The van der Waals surface area contributed by atoms with Crippen molar-refractivity contribution in [3.05, 3.63) is 11.6 Å². The Bertz CT molecular complexity index is 1020. The molecular formula is C33H52O7. The average molecular weight is 561 g/mol. The van der Waals surface area contributed by atoms with Gasteiger partial charge in [-0.2, -0.15) is 0 Å². The second kappa shape index (κ2) is 11.4. The molecule has 0 aromatic rings. The highest BCUT2D eigenvalue weighted by atomic mass is 16.7. The fourth-order valence-corrected chi connectivity index (χ4v) is 8.76. The molecule has 2 aliphatic heterocycles. The molecule has 0 aromatic carbocycles. The first kappa shape index (κ1) is 31.1. The molecule has 0 radical (unpaired) electrons. The summed E-state index contributed by atoms with van der Waals surface area (Å²) in [6.45, 7) is 19.2. The Balaban J connectivity index is 1.77. The summed E-state index contributed by atoms with van der Waals surface area (Å²) >= 11 is 0. The van der Waals surface area contributed by atoms with Crippen LogP contribution in [0.15, 0.2) is 11.6 Å². The maximum absolute atomic E-state index is 13.1. The van der Waals surface area contributed by atoms with Gasteiger partial charge in [0.1, 0.15) is 12.2 Å². The molecule has 7 heteroatoms. The SMILES string of the molecule is CCCCCC(=O)O[C@H]1C[C@H](C)[C@@]2(C)[C@H]([C@H]1C)[C@H](C)[C@]13O[C@]1(C)C(=O)O[C@H]3/C=C(/C)C[C@H](OC(=O)CCC)[C@@H]2C. The van der Waals surface area contributed by atoms with E-state index < -0.39 is 17.3 Å². The molecule has 2 heterocycles. The van der Waals surface area contributed by atoms with E-state index in [1.165, 1.54) is 0 Å². The standard InChI is InChI=1S/C33H52O7/c1-10-12-13-15-28(35)37-24-18-20(4)31(8)22(6)25(38-27(34)14-11-2)16-19(3)17-26-33(23(7)29(31)21(24)5)32(9,40-33)30(36)39-26/h17,20-26,29H,10-16,18H2,1-9H3/b19-17-/t20-,21-,22-,23-,24-,25-,26-,29+,31+,32+,33+/m0/s1. The Morgan fingerprint density at radius 2 is 1.60 bits per heavy atom. The molecule has 0 amide bonds. The molecule has 2 saturated heterocycles. The normalized spacial score (nSPS) is 45.6. The summed E-state index contributed by atoms with van der Waals surface area (Å²) in [4.78, 5) is 38.8. The topological polar surface area (TPSA) is 91.4 Å². The van der Waals surface area contributed by atoms with Gasteiger partial charge in [0, 0.05) is 19.3 Å². The van der Waals surface area contributed by atoms with E-state index in [2.05, 4.69) is 41.5 Å². The van der Waals surface area contributed by atoms with Gasteiger partial charge in [-0.15, -0.1) is 0 Å². The molecule has 0 aromatic heterocycles. The van der Waals surface area contributed by atoms with Crippen LogP contribution in [-0.4, -0.2) is 47.4 Å². The number of carbonyl (C=O) groups excluding carboxylic acids is 3. The van der Waals surface area contributed by atoms with Crippen LogP contribution in [0.25, 0.3) is 0 Å². The second-order valence-electron chi connectivity index (χ2n) is 13.7. The minimum absolute atomic E-state index is 0.0180. The van der Waals surface area contributed by atoms with E-state index in [4.69, 9.17) is 18.9 Å². The lowest BCUT2D eigenvalue weighted by atomic mass is 9.47. The summed E-state index contributed by atoms with van der Waals surface area (Å²) in [6.07, 6.45) is 6.77. The van der Waals surface area contributed by atoms with Gasteiger partial charge in [-0.1, -0.05) is 66.9 Å². The molecular weight excluding hydrogens is 508 g/mol. The van der Waals surface area contributed by atoms with Crippen molar-refractivity contribution in [2.45, 2.75) is 143 Å². The molecule has 226 valence electrons. The zero-order valence-electron chi connectivity index (χ0n) is 26.2. The summed E-state index contributed by atoms with van der Waals surface area (Å²) in [5.41, 5.74) is -1.01. The molecule has 40 heavy (non-hydrogen) atoms. The van der Waals surface area contributed by atoms with Crippen LogP contribution in [0.2, 0.25) is 0 Å². The first-order valence-electron chi connectivity index (χ1n) is 15.7. The molecule has 0 N–H and O–H groups in total. The van der Waals surface area contributed by atoms with E-state index in [0.29, 0.717) is 19.3 Å². The van der Waals surface area contributed by atoms with Crippen molar-refractivity contribution in [3.63, 3.8) is 0 Å². The van der Waals surface area contributed by atoms with Gasteiger partial charge in [0.25, 0.3) is 0 Å². The molecule has 2 aliphatic carbocycles. The highest BCUT2D eigenvalue weighted by Crippen LogP contribution is 2.68. The van der Waals surface area contributed by atoms with Gasteiger partial charge in [0.05, 0.1) is 0 Å². The van der Waals surface area contributed by atoms with Gasteiger partial charge in [-0.05, 0) is 74.2 Å². The molecule has 11 atom stereocenters. The lowest BCUT2D eigenvalue weighted by Crippen LogP contribution is -2.59. The average Bonchev–Trinajstić information content (AvgIpc) is 3.48. The van der Waals surface area contributed by atoms with Crippen LogP contribution in [0.1, 0.15) is 114 Å². The largest absolute Gasteiger partial charge is 0.462 e. The predicted octanol–water partition coefficient (Wildman–Crippen LogP) is 6.56. The van der Waals surface area contributed by atoms with Crippen molar-refractivity contribution in [2.75, 3.05) is 0 Å². The first-order valence-corrected chi connectivity index (χ1v) is 15.7. The minimum atomic E-state index is -0.989. The molecule has 1 spiro atoms. The molecule has 4 rings (SSSR count). The lowest BCUT2D eigenvalue weighted by Gasteiger charge is -2.59. The summed E-state index contributed by atoms with van der Waals surface area (Å²) in [6, 6.07) is 0. The second-order valence-corrected chi connectivity index (χ2v) is 13.7. The number of fused-ring (bicyclic) bond motifs is 1. The third-order valence-corrected chi connectivity index (χ3v) is 11.4. The zero-order chi connectivity index (χ0) is 29.6. The highest BCUT2D eigenvalue weighted by Gasteiger charge is 2.84. The van der Waals surface area contributed by atoms with Crippen molar-refractivity contribution in [3.8, 4) is 0 Å². The van der Waals surface area contributed by atoms with Crippen LogP contribution in [0, 0.1) is 35.0 Å². The van der Waals surface area contributed by atoms with Crippen molar-refractivity contribution < 1.29 is 33.3 Å². The molecule has 4 aliphatic rings. The molecule has 3 fully saturated rings. The number of hydrogen-bond donors (Lipinski definition) is 0. The molecule has 1 saturated carbocycles.